The summed E-state index contributed by atoms with van der Waals surface area (Å²) in [6.07, 6.45) is 9.25. The zero-order valence-electron chi connectivity index (χ0n) is 18.8. The first-order valence-corrected chi connectivity index (χ1v) is 11.6. The number of aromatic nitrogens is 2. The third-order valence-electron chi connectivity index (χ3n) is 6.26. The van der Waals surface area contributed by atoms with Crippen molar-refractivity contribution in [1.29, 1.82) is 0 Å². The second kappa shape index (κ2) is 10.0. The first-order chi connectivity index (χ1) is 16.7. The summed E-state index contributed by atoms with van der Waals surface area (Å²) >= 11 is 0. The van der Waals surface area contributed by atoms with Crippen LogP contribution >= 0.6 is 0 Å². The second-order valence-electron chi connectivity index (χ2n) is 8.55. The largest absolute Gasteiger partial charge is 0.341 e. The summed E-state index contributed by atoms with van der Waals surface area (Å²) in [6, 6.07) is 9.63. The number of allylic oxidation sites excluding steroid dienone is 3. The van der Waals surface area contributed by atoms with Gasteiger partial charge in [-0.25, -0.2) is 0 Å². The summed E-state index contributed by atoms with van der Waals surface area (Å²) in [4.78, 5) is 33.5. The number of carbonyl (C=O) groups excluding carboxylic acids is 2. The molecule has 34 heavy (non-hydrogen) atoms. The fourth-order valence-electron chi connectivity index (χ4n) is 4.41. The highest BCUT2D eigenvalue weighted by Crippen LogP contribution is 2.29. The fourth-order valence-corrected chi connectivity index (χ4v) is 4.41. The van der Waals surface area contributed by atoms with Crippen LogP contribution in [0.3, 0.4) is 0 Å². The fraction of sp³-hybridized carbons (Fsp3) is 0.360. The van der Waals surface area contributed by atoms with Crippen LogP contribution in [0, 0.1) is 5.92 Å². The molecule has 2 amide bonds. The number of hydrogen-bond acceptors (Lipinski definition) is 7. The van der Waals surface area contributed by atoms with Crippen molar-refractivity contribution < 1.29 is 14.1 Å². The predicted molar refractivity (Wildman–Crippen MR) is 124 cm³/mol. The maximum Gasteiger partial charge on any atom is 0.275 e. The Morgan fingerprint density at radius 1 is 1.06 bits per heavy atom. The highest BCUT2D eigenvalue weighted by molar-refractivity contribution is 5.86. The third kappa shape index (κ3) is 4.94. The van der Waals surface area contributed by atoms with Crippen molar-refractivity contribution in [2.24, 2.45) is 16.1 Å². The molecule has 3 aliphatic rings. The number of benzene rings is 1. The molecule has 1 fully saturated rings. The lowest BCUT2D eigenvalue weighted by Gasteiger charge is -2.25. The first kappa shape index (κ1) is 22.1. The van der Waals surface area contributed by atoms with Crippen molar-refractivity contribution in [2.45, 2.75) is 19.3 Å². The average molecular weight is 459 g/mol. The maximum absolute atomic E-state index is 12.8. The second-order valence-corrected chi connectivity index (χ2v) is 8.55. The van der Waals surface area contributed by atoms with Crippen molar-refractivity contribution in [3.8, 4) is 11.4 Å². The van der Waals surface area contributed by atoms with Crippen molar-refractivity contribution in [3.05, 3.63) is 71.8 Å². The van der Waals surface area contributed by atoms with Gasteiger partial charge in [-0.2, -0.15) is 10.1 Å². The third-order valence-corrected chi connectivity index (χ3v) is 6.26. The Morgan fingerprint density at radius 3 is 2.82 bits per heavy atom. The summed E-state index contributed by atoms with van der Waals surface area (Å²) < 4.78 is 5.34. The lowest BCUT2D eigenvalue weighted by molar-refractivity contribution is -0.131. The molecule has 2 aliphatic heterocycles. The number of fused-ring (bicyclic) bond motifs is 1. The number of rotatable bonds is 6. The molecule has 3 heterocycles. The molecule has 1 aliphatic carbocycles. The van der Waals surface area contributed by atoms with E-state index >= 15 is 0 Å². The van der Waals surface area contributed by atoms with Crippen LogP contribution in [-0.2, 0) is 16.0 Å². The van der Waals surface area contributed by atoms with Gasteiger partial charge in [0.1, 0.15) is 0 Å². The van der Waals surface area contributed by atoms with Gasteiger partial charge in [0.05, 0.1) is 11.6 Å². The molecule has 0 bridgehead atoms. The number of carbonyl (C=O) groups is 2. The van der Waals surface area contributed by atoms with Crippen LogP contribution in [0.2, 0.25) is 0 Å². The summed E-state index contributed by atoms with van der Waals surface area (Å²) in [5, 5.41) is 12.0. The molecule has 1 atom stereocenters. The molecule has 9 heteroatoms. The minimum Gasteiger partial charge on any atom is -0.341 e. The van der Waals surface area contributed by atoms with Gasteiger partial charge in [-0.05, 0) is 12.0 Å². The van der Waals surface area contributed by atoms with E-state index in [4.69, 9.17) is 4.52 Å². The van der Waals surface area contributed by atoms with E-state index in [9.17, 15) is 9.59 Å². The van der Waals surface area contributed by atoms with E-state index in [1.165, 1.54) is 0 Å². The number of amides is 2. The van der Waals surface area contributed by atoms with Crippen molar-refractivity contribution in [2.75, 3.05) is 32.7 Å². The number of azo groups is 1. The van der Waals surface area contributed by atoms with E-state index in [0.717, 1.165) is 36.3 Å². The smallest absolute Gasteiger partial charge is 0.275 e. The topological polar surface area (TPSA) is 104 Å². The van der Waals surface area contributed by atoms with Crippen LogP contribution < -0.4 is 0 Å². The average Bonchev–Trinajstić information content (AvgIpc) is 3.23. The molecule has 1 saturated heterocycles. The van der Waals surface area contributed by atoms with Gasteiger partial charge in [-0.1, -0.05) is 59.8 Å². The Morgan fingerprint density at radius 2 is 1.94 bits per heavy atom. The molecule has 0 saturated carbocycles. The Hall–Kier alpha value is -3.72. The van der Waals surface area contributed by atoms with Gasteiger partial charge in [0.15, 0.2) is 0 Å². The molecule has 5 rings (SSSR count). The maximum atomic E-state index is 12.8. The molecule has 174 valence electrons. The van der Waals surface area contributed by atoms with Crippen LogP contribution in [0.5, 0.6) is 0 Å². The molecular formula is C25H26N6O3. The van der Waals surface area contributed by atoms with Crippen LogP contribution in [-0.4, -0.2) is 64.5 Å². The standard InChI is InChI=1S/C25H26N6O3/c32-23(12-11-22-26-24(29-34-22)18-7-2-1-3-8-18)31-14-6-13-30(15-16-31)17-21-19-9-4-5-10-20(19)25(33)28-27-21/h1-5,7-10,20H,6,11-17H2. The molecule has 0 spiro atoms. The molecular weight excluding hydrogens is 432 g/mol. The Balaban J connectivity index is 1.14. The lowest BCUT2D eigenvalue weighted by Crippen LogP contribution is -2.36. The number of aryl methyl sites for hydroxylation is 1. The highest BCUT2D eigenvalue weighted by Gasteiger charge is 2.28. The number of hydrogen-bond donors (Lipinski definition) is 0. The lowest BCUT2D eigenvalue weighted by atomic mass is 9.91. The van der Waals surface area contributed by atoms with E-state index in [1.807, 2.05) is 59.5 Å². The first-order valence-electron chi connectivity index (χ1n) is 11.6. The molecule has 1 aromatic carbocycles. The zero-order valence-corrected chi connectivity index (χ0v) is 18.8. The van der Waals surface area contributed by atoms with Gasteiger partial charge >= 0.3 is 0 Å². The minimum absolute atomic E-state index is 0.0895. The summed E-state index contributed by atoms with van der Waals surface area (Å²) in [5.74, 6) is 0.555. The van der Waals surface area contributed by atoms with Gasteiger partial charge in [-0.3, -0.25) is 14.5 Å². The SMILES string of the molecule is O=C1N=NC(CN2CCCN(C(=O)CCc3nc(-c4ccccc4)no3)CC2)=C2C=CC=CC12. The van der Waals surface area contributed by atoms with Crippen LogP contribution in [0.1, 0.15) is 18.7 Å². The van der Waals surface area contributed by atoms with E-state index in [1.54, 1.807) is 0 Å². The number of nitrogens with zero attached hydrogens (tertiary/aromatic N) is 6. The predicted octanol–water partition coefficient (Wildman–Crippen LogP) is 3.19. The van der Waals surface area contributed by atoms with Gasteiger partial charge in [0.25, 0.3) is 5.91 Å². The molecule has 0 N–H and O–H groups in total. The van der Waals surface area contributed by atoms with Gasteiger partial charge in [-0.15, -0.1) is 5.11 Å². The summed E-state index contributed by atoms with van der Waals surface area (Å²) in [5.41, 5.74) is 2.64. The molecule has 0 radical (unpaired) electrons. The monoisotopic (exact) mass is 458 g/mol. The molecule has 2 aromatic rings. The molecule has 9 nitrogen and oxygen atoms in total. The Labute approximate surface area is 197 Å². The van der Waals surface area contributed by atoms with Crippen LogP contribution in [0.4, 0.5) is 0 Å². The normalized spacial score (nSPS) is 20.5. The van der Waals surface area contributed by atoms with Gasteiger partial charge < -0.3 is 9.42 Å². The van der Waals surface area contributed by atoms with Crippen LogP contribution in [0.25, 0.3) is 11.4 Å². The van der Waals surface area contributed by atoms with Crippen molar-refractivity contribution in [3.63, 3.8) is 0 Å². The molecule has 1 unspecified atom stereocenters. The summed E-state index contributed by atoms with van der Waals surface area (Å²) in [7, 11) is 0. The quantitative estimate of drug-likeness (QED) is 0.658. The Kier molecular flexibility index (Phi) is 6.53. The van der Waals surface area contributed by atoms with E-state index in [2.05, 4.69) is 25.3 Å². The van der Waals surface area contributed by atoms with Gasteiger partial charge in [0, 0.05) is 51.1 Å². The van der Waals surface area contributed by atoms with Gasteiger partial charge in [0.2, 0.25) is 17.6 Å². The minimum atomic E-state index is -0.324. The Bertz CT molecular complexity index is 1180. The van der Waals surface area contributed by atoms with E-state index in [-0.39, 0.29) is 17.7 Å². The zero-order chi connectivity index (χ0) is 23.3. The van der Waals surface area contributed by atoms with Crippen molar-refractivity contribution in [1.82, 2.24) is 19.9 Å². The van der Waals surface area contributed by atoms with Crippen molar-refractivity contribution >= 4 is 11.8 Å². The molecule has 1 aromatic heterocycles. The highest BCUT2D eigenvalue weighted by atomic mass is 16.5. The van der Waals surface area contributed by atoms with E-state index < -0.39 is 0 Å². The summed E-state index contributed by atoms with van der Waals surface area (Å²) in [6.45, 7) is 3.59. The van der Waals surface area contributed by atoms with Crippen LogP contribution in [0.15, 0.2) is 80.7 Å². The van der Waals surface area contributed by atoms with E-state index in [0.29, 0.717) is 44.2 Å².